The van der Waals surface area contributed by atoms with Crippen molar-refractivity contribution < 1.29 is 22.7 Å². The standard InChI is InChI=1S/C23H30N4O5S/c1-3-8-17-22(23-24-20(28)11-12-21(29)27(23)25-17)16-9-10-18(32-2)19(15-16)33(30,31)26-13-6-4-5-7-14-26/h9-10,15H,3-8,11-14H2,1-2H3,(H,24,28). The zero-order valence-corrected chi connectivity index (χ0v) is 19.9. The summed E-state index contributed by atoms with van der Waals surface area (Å²) in [6, 6.07) is 4.95. The van der Waals surface area contributed by atoms with Crippen molar-refractivity contribution >= 4 is 27.7 Å². The van der Waals surface area contributed by atoms with Crippen molar-refractivity contribution in [2.45, 2.75) is 63.2 Å². The van der Waals surface area contributed by atoms with Crippen LogP contribution in [0, 0.1) is 0 Å². The molecule has 1 fully saturated rings. The van der Waals surface area contributed by atoms with Gasteiger partial charge in [0.05, 0.1) is 12.8 Å². The Morgan fingerprint density at radius 1 is 1.09 bits per heavy atom. The monoisotopic (exact) mass is 474 g/mol. The molecule has 0 saturated carbocycles. The van der Waals surface area contributed by atoms with E-state index in [1.165, 1.54) is 16.1 Å². The van der Waals surface area contributed by atoms with Gasteiger partial charge >= 0.3 is 0 Å². The molecular formula is C23H30N4O5S. The average molecular weight is 475 g/mol. The highest BCUT2D eigenvalue weighted by Crippen LogP contribution is 2.38. The number of hydrogen-bond donors (Lipinski definition) is 1. The minimum Gasteiger partial charge on any atom is -0.495 e. The van der Waals surface area contributed by atoms with Gasteiger partial charge in [-0.2, -0.15) is 14.1 Å². The summed E-state index contributed by atoms with van der Waals surface area (Å²) >= 11 is 0. The number of ether oxygens (including phenoxy) is 1. The maximum absolute atomic E-state index is 13.6. The van der Waals surface area contributed by atoms with Crippen LogP contribution in [0.1, 0.15) is 62.4 Å². The van der Waals surface area contributed by atoms with Gasteiger partial charge < -0.3 is 10.1 Å². The van der Waals surface area contributed by atoms with Crippen LogP contribution in [0.15, 0.2) is 23.1 Å². The molecule has 0 bridgehead atoms. The third-order valence-corrected chi connectivity index (χ3v) is 8.06. The van der Waals surface area contributed by atoms with E-state index in [2.05, 4.69) is 10.4 Å². The number of nitrogens with zero attached hydrogens (tertiary/aromatic N) is 3. The van der Waals surface area contributed by atoms with Crippen molar-refractivity contribution in [3.05, 3.63) is 23.9 Å². The molecular weight excluding hydrogens is 444 g/mol. The Morgan fingerprint density at radius 3 is 2.48 bits per heavy atom. The second-order valence-electron chi connectivity index (χ2n) is 8.46. The molecule has 1 amide bonds. The number of amides is 1. The smallest absolute Gasteiger partial charge is 0.249 e. The lowest BCUT2D eigenvalue weighted by molar-refractivity contribution is -0.116. The van der Waals surface area contributed by atoms with Crippen LogP contribution in [0.2, 0.25) is 0 Å². The highest BCUT2D eigenvalue weighted by Gasteiger charge is 2.31. The number of sulfonamides is 1. The van der Waals surface area contributed by atoms with Crippen molar-refractivity contribution in [1.82, 2.24) is 14.1 Å². The largest absolute Gasteiger partial charge is 0.495 e. The number of aromatic nitrogens is 2. The molecule has 4 rings (SSSR count). The van der Waals surface area contributed by atoms with Gasteiger partial charge in [-0.15, -0.1) is 0 Å². The SMILES string of the molecule is CCCc1nn2c(c1-c1ccc(OC)c(S(=O)(=O)N3CCCCCC3)c1)NC(=O)CCC2=O. The number of nitrogens with one attached hydrogen (secondary N) is 1. The van der Waals surface area contributed by atoms with E-state index in [0.29, 0.717) is 42.1 Å². The van der Waals surface area contributed by atoms with Crippen molar-refractivity contribution in [2.24, 2.45) is 0 Å². The van der Waals surface area contributed by atoms with Crippen LogP contribution in [0.3, 0.4) is 0 Å². The Bertz CT molecular complexity index is 1160. The number of hydrogen-bond acceptors (Lipinski definition) is 6. The Kier molecular flexibility index (Phi) is 6.85. The van der Waals surface area contributed by atoms with Gasteiger partial charge in [-0.3, -0.25) is 9.59 Å². The maximum Gasteiger partial charge on any atom is 0.249 e. The molecule has 1 aromatic heterocycles. The number of fused-ring (bicyclic) bond motifs is 1. The molecule has 0 aliphatic carbocycles. The van der Waals surface area contributed by atoms with Crippen LogP contribution in [0.4, 0.5) is 5.82 Å². The molecule has 2 aliphatic rings. The van der Waals surface area contributed by atoms with E-state index in [9.17, 15) is 18.0 Å². The van der Waals surface area contributed by atoms with E-state index in [-0.39, 0.29) is 35.3 Å². The summed E-state index contributed by atoms with van der Waals surface area (Å²) in [7, 11) is -2.34. The average Bonchev–Trinajstić information content (AvgIpc) is 2.95. The van der Waals surface area contributed by atoms with Crippen LogP contribution < -0.4 is 10.1 Å². The van der Waals surface area contributed by atoms with Gasteiger partial charge in [0.1, 0.15) is 16.5 Å². The molecule has 2 aromatic rings. The molecule has 2 aliphatic heterocycles. The lowest BCUT2D eigenvalue weighted by Crippen LogP contribution is -2.32. The number of methoxy groups -OCH3 is 1. The molecule has 1 N–H and O–H groups in total. The number of anilines is 1. The van der Waals surface area contributed by atoms with E-state index >= 15 is 0 Å². The molecule has 33 heavy (non-hydrogen) atoms. The summed E-state index contributed by atoms with van der Waals surface area (Å²) in [6.45, 7) is 2.95. The highest BCUT2D eigenvalue weighted by molar-refractivity contribution is 7.89. The first-order valence-electron chi connectivity index (χ1n) is 11.5. The van der Waals surface area contributed by atoms with Crippen LogP contribution in [0.5, 0.6) is 5.75 Å². The summed E-state index contributed by atoms with van der Waals surface area (Å²) in [4.78, 5) is 25.0. The van der Waals surface area contributed by atoms with Gasteiger partial charge in [0.25, 0.3) is 0 Å². The van der Waals surface area contributed by atoms with Gasteiger partial charge in [-0.05, 0) is 37.0 Å². The number of carbonyl (C=O) groups excluding carboxylic acids is 2. The molecule has 1 saturated heterocycles. The summed E-state index contributed by atoms with van der Waals surface area (Å²) in [6.07, 6.45) is 5.20. The van der Waals surface area contributed by atoms with Gasteiger partial charge in [-0.25, -0.2) is 8.42 Å². The first kappa shape index (κ1) is 23.4. The quantitative estimate of drug-likeness (QED) is 0.687. The fraction of sp³-hybridized carbons (Fsp3) is 0.522. The van der Waals surface area contributed by atoms with Crippen molar-refractivity contribution in [3.8, 4) is 16.9 Å². The fourth-order valence-electron chi connectivity index (χ4n) is 4.45. The van der Waals surface area contributed by atoms with Crippen LogP contribution in [0.25, 0.3) is 11.1 Å². The molecule has 0 atom stereocenters. The van der Waals surface area contributed by atoms with E-state index in [1.54, 1.807) is 18.2 Å². The second kappa shape index (κ2) is 9.64. The topological polar surface area (TPSA) is 111 Å². The summed E-state index contributed by atoms with van der Waals surface area (Å²) < 4.78 is 35.4. The molecule has 0 spiro atoms. The Labute approximate surface area is 194 Å². The number of benzene rings is 1. The Balaban J connectivity index is 1.87. The number of rotatable bonds is 6. The maximum atomic E-state index is 13.6. The lowest BCUT2D eigenvalue weighted by atomic mass is 10.0. The van der Waals surface area contributed by atoms with Gasteiger partial charge in [0, 0.05) is 31.5 Å². The Morgan fingerprint density at radius 2 is 1.82 bits per heavy atom. The van der Waals surface area contributed by atoms with Gasteiger partial charge in [-0.1, -0.05) is 32.3 Å². The molecule has 3 heterocycles. The van der Waals surface area contributed by atoms with E-state index in [1.807, 2.05) is 6.92 Å². The third kappa shape index (κ3) is 4.54. The van der Waals surface area contributed by atoms with Crippen molar-refractivity contribution in [1.29, 1.82) is 0 Å². The lowest BCUT2D eigenvalue weighted by Gasteiger charge is -2.22. The minimum absolute atomic E-state index is 0.0721. The van der Waals surface area contributed by atoms with Crippen LogP contribution in [-0.4, -0.2) is 54.5 Å². The fourth-order valence-corrected chi connectivity index (χ4v) is 6.15. The third-order valence-electron chi connectivity index (χ3n) is 6.14. The minimum atomic E-state index is -3.79. The van der Waals surface area contributed by atoms with E-state index in [4.69, 9.17) is 4.74 Å². The van der Waals surface area contributed by atoms with Crippen LogP contribution in [-0.2, 0) is 21.2 Å². The van der Waals surface area contributed by atoms with Gasteiger partial charge in [0.2, 0.25) is 21.8 Å². The second-order valence-corrected chi connectivity index (χ2v) is 10.4. The highest BCUT2D eigenvalue weighted by atomic mass is 32.2. The first-order valence-corrected chi connectivity index (χ1v) is 12.9. The first-order chi connectivity index (χ1) is 15.9. The van der Waals surface area contributed by atoms with Crippen LogP contribution >= 0.6 is 0 Å². The zero-order valence-electron chi connectivity index (χ0n) is 19.1. The number of aryl methyl sites for hydroxylation is 1. The molecule has 10 heteroatoms. The zero-order chi connectivity index (χ0) is 23.6. The normalized spacial score (nSPS) is 17.8. The van der Waals surface area contributed by atoms with Crippen molar-refractivity contribution in [2.75, 3.05) is 25.5 Å². The number of carbonyl (C=O) groups is 2. The molecule has 178 valence electrons. The summed E-state index contributed by atoms with van der Waals surface area (Å²) in [5.74, 6) is 0.0303. The predicted octanol–water partition coefficient (Wildman–Crippen LogP) is 3.45. The summed E-state index contributed by atoms with van der Waals surface area (Å²) in [5.41, 5.74) is 1.80. The molecule has 9 nitrogen and oxygen atoms in total. The molecule has 0 unspecified atom stereocenters. The van der Waals surface area contributed by atoms with Gasteiger partial charge in [0.15, 0.2) is 0 Å². The Hall–Kier alpha value is -2.72. The molecule has 0 radical (unpaired) electrons. The summed E-state index contributed by atoms with van der Waals surface area (Å²) in [5, 5.41) is 7.30. The molecule has 1 aromatic carbocycles. The van der Waals surface area contributed by atoms with Crippen molar-refractivity contribution in [3.63, 3.8) is 0 Å². The van der Waals surface area contributed by atoms with E-state index in [0.717, 1.165) is 32.1 Å². The van der Waals surface area contributed by atoms with E-state index < -0.39 is 10.0 Å². The predicted molar refractivity (Wildman–Crippen MR) is 124 cm³/mol.